The summed E-state index contributed by atoms with van der Waals surface area (Å²) >= 11 is 5.83. The summed E-state index contributed by atoms with van der Waals surface area (Å²) in [4.78, 5) is 9.86. The number of benzene rings is 2. The first kappa shape index (κ1) is 14.4. The van der Waals surface area contributed by atoms with E-state index < -0.39 is 16.4 Å². The van der Waals surface area contributed by atoms with Crippen molar-refractivity contribution in [2.24, 2.45) is 0 Å². The lowest BCUT2D eigenvalue weighted by atomic mass is 10.2. The molecule has 0 aromatic heterocycles. The van der Waals surface area contributed by atoms with Crippen LogP contribution in [-0.2, 0) is 18.0 Å². The molecule has 0 aliphatic heterocycles. The monoisotopic (exact) mass is 295 g/mol. The number of nitrogens with zero attached hydrogens (tertiary/aromatic N) is 1. The molecule has 0 N–H and O–H groups in total. The molecule has 0 radical (unpaired) electrons. The fourth-order valence-electron chi connectivity index (χ4n) is 1.72. The topological polar surface area (TPSA) is 52.4 Å². The minimum atomic E-state index is -0.858. The van der Waals surface area contributed by atoms with Crippen molar-refractivity contribution < 1.29 is 14.1 Å². The van der Waals surface area contributed by atoms with Crippen molar-refractivity contribution in [2.75, 3.05) is 0 Å². The van der Waals surface area contributed by atoms with Crippen molar-refractivity contribution in [2.45, 2.75) is 13.2 Å². The molecule has 4 nitrogen and oxygen atoms in total. The van der Waals surface area contributed by atoms with E-state index in [1.54, 1.807) is 18.2 Å². The molecule has 2 aromatic rings. The van der Waals surface area contributed by atoms with E-state index in [-0.39, 0.29) is 18.8 Å². The van der Waals surface area contributed by atoms with Crippen LogP contribution in [0, 0.1) is 15.9 Å². The average Bonchev–Trinajstić information content (AvgIpc) is 2.40. The lowest BCUT2D eigenvalue weighted by Gasteiger charge is -2.06. The molecule has 0 saturated carbocycles. The molecule has 20 heavy (non-hydrogen) atoms. The molecule has 0 spiro atoms. The molecule has 0 aliphatic rings. The standard InChI is InChI=1S/C14H11ClFNO3/c15-12-5-1-3-10(7-12)8-20-9-11-4-2-6-13(14(11)16)17(18)19/h1-7H,8-9H2. The maximum atomic E-state index is 13.8. The van der Waals surface area contributed by atoms with Crippen LogP contribution in [0.2, 0.25) is 5.02 Å². The van der Waals surface area contributed by atoms with E-state index in [4.69, 9.17) is 16.3 Å². The van der Waals surface area contributed by atoms with Gasteiger partial charge >= 0.3 is 5.69 Å². The van der Waals surface area contributed by atoms with Crippen LogP contribution in [0.5, 0.6) is 0 Å². The minimum absolute atomic E-state index is 0.0416. The average molecular weight is 296 g/mol. The molecule has 0 atom stereocenters. The van der Waals surface area contributed by atoms with Crippen molar-refractivity contribution in [3.05, 3.63) is 74.5 Å². The molecule has 0 heterocycles. The molecule has 0 saturated heterocycles. The van der Waals surface area contributed by atoms with Gasteiger partial charge < -0.3 is 4.74 Å². The van der Waals surface area contributed by atoms with Gasteiger partial charge in [0.05, 0.1) is 18.1 Å². The number of nitro benzene ring substituents is 1. The van der Waals surface area contributed by atoms with E-state index in [0.717, 1.165) is 11.6 Å². The molecule has 2 aromatic carbocycles. The summed E-state index contributed by atoms with van der Waals surface area (Å²) in [6.45, 7) is 0.211. The van der Waals surface area contributed by atoms with Gasteiger partial charge in [-0.2, -0.15) is 4.39 Å². The van der Waals surface area contributed by atoms with Crippen LogP contribution in [-0.4, -0.2) is 4.92 Å². The van der Waals surface area contributed by atoms with E-state index in [1.165, 1.54) is 12.1 Å². The van der Waals surface area contributed by atoms with Crippen LogP contribution >= 0.6 is 11.6 Å². The predicted octanol–water partition coefficient (Wildman–Crippen LogP) is 4.10. The highest BCUT2D eigenvalue weighted by Crippen LogP contribution is 2.21. The lowest BCUT2D eigenvalue weighted by molar-refractivity contribution is -0.387. The molecule has 0 amide bonds. The number of rotatable bonds is 5. The second-order valence-corrected chi connectivity index (χ2v) is 4.57. The van der Waals surface area contributed by atoms with Gasteiger partial charge in [-0.3, -0.25) is 10.1 Å². The highest BCUT2D eigenvalue weighted by molar-refractivity contribution is 6.30. The van der Waals surface area contributed by atoms with Crippen molar-refractivity contribution >= 4 is 17.3 Å². The molecule has 0 aliphatic carbocycles. The van der Waals surface area contributed by atoms with Gasteiger partial charge in [-0.1, -0.05) is 35.9 Å². The van der Waals surface area contributed by atoms with Crippen LogP contribution in [0.3, 0.4) is 0 Å². The summed E-state index contributed by atoms with van der Waals surface area (Å²) in [5.41, 5.74) is 0.457. The molecule has 0 bridgehead atoms. The predicted molar refractivity (Wildman–Crippen MR) is 73.0 cm³/mol. The number of ether oxygens (including phenoxy) is 1. The molecule has 6 heteroatoms. The first-order valence-corrected chi connectivity index (χ1v) is 6.19. The molecule has 0 unspecified atom stereocenters. The Balaban J connectivity index is 2.01. The van der Waals surface area contributed by atoms with Gasteiger partial charge in [0.1, 0.15) is 0 Å². The molecule has 0 fully saturated rings. The Bertz CT molecular complexity index is 634. The normalized spacial score (nSPS) is 10.5. The SMILES string of the molecule is O=[N+]([O-])c1cccc(COCc2cccc(Cl)c2)c1F. The molecule has 104 valence electrons. The van der Waals surface area contributed by atoms with Crippen molar-refractivity contribution in [1.29, 1.82) is 0 Å². The lowest BCUT2D eigenvalue weighted by Crippen LogP contribution is -2.00. The number of halogens is 2. The van der Waals surface area contributed by atoms with Crippen molar-refractivity contribution in [1.82, 2.24) is 0 Å². The summed E-state index contributed by atoms with van der Waals surface area (Å²) in [5, 5.41) is 11.2. The van der Waals surface area contributed by atoms with Crippen LogP contribution in [0.15, 0.2) is 42.5 Å². The first-order chi connectivity index (χ1) is 9.58. The van der Waals surface area contributed by atoms with Crippen LogP contribution < -0.4 is 0 Å². The third kappa shape index (κ3) is 3.53. The second kappa shape index (κ2) is 6.45. The Morgan fingerprint density at radius 3 is 2.65 bits per heavy atom. The quantitative estimate of drug-likeness (QED) is 0.616. The zero-order valence-electron chi connectivity index (χ0n) is 10.4. The zero-order chi connectivity index (χ0) is 14.5. The maximum absolute atomic E-state index is 13.8. The highest BCUT2D eigenvalue weighted by Gasteiger charge is 2.16. The highest BCUT2D eigenvalue weighted by atomic mass is 35.5. The maximum Gasteiger partial charge on any atom is 0.305 e. The number of nitro groups is 1. The summed E-state index contributed by atoms with van der Waals surface area (Å²) < 4.78 is 19.1. The number of hydrogen-bond donors (Lipinski definition) is 0. The van der Waals surface area contributed by atoms with E-state index in [0.29, 0.717) is 5.02 Å². The summed E-state index contributed by atoms with van der Waals surface area (Å²) in [5.74, 6) is -0.858. The Hall–Kier alpha value is -1.98. The smallest absolute Gasteiger partial charge is 0.305 e. The van der Waals surface area contributed by atoms with Gasteiger partial charge in [0.25, 0.3) is 0 Å². The second-order valence-electron chi connectivity index (χ2n) is 4.13. The summed E-state index contributed by atoms with van der Waals surface area (Å²) in [6.07, 6.45) is 0. The van der Waals surface area contributed by atoms with Gasteiger partial charge in [0.15, 0.2) is 0 Å². The van der Waals surface area contributed by atoms with Gasteiger partial charge in [0.2, 0.25) is 5.82 Å². The Morgan fingerprint density at radius 2 is 1.95 bits per heavy atom. The minimum Gasteiger partial charge on any atom is -0.372 e. The Labute approximate surface area is 119 Å². The van der Waals surface area contributed by atoms with Gasteiger partial charge in [0, 0.05) is 16.7 Å². The van der Waals surface area contributed by atoms with Gasteiger partial charge in [-0.05, 0) is 17.7 Å². The summed E-state index contributed by atoms with van der Waals surface area (Å²) in [7, 11) is 0. The largest absolute Gasteiger partial charge is 0.372 e. The Kier molecular flexibility index (Phi) is 4.65. The molecular weight excluding hydrogens is 285 g/mol. The van der Waals surface area contributed by atoms with E-state index in [1.807, 2.05) is 6.07 Å². The summed E-state index contributed by atoms with van der Waals surface area (Å²) in [6, 6.07) is 11.1. The Morgan fingerprint density at radius 1 is 1.20 bits per heavy atom. The van der Waals surface area contributed by atoms with E-state index in [2.05, 4.69) is 0 Å². The molecule has 2 rings (SSSR count). The fraction of sp³-hybridized carbons (Fsp3) is 0.143. The van der Waals surface area contributed by atoms with Crippen molar-refractivity contribution in [3.63, 3.8) is 0 Å². The zero-order valence-corrected chi connectivity index (χ0v) is 11.1. The van der Waals surface area contributed by atoms with Crippen LogP contribution in [0.4, 0.5) is 10.1 Å². The van der Waals surface area contributed by atoms with Crippen LogP contribution in [0.25, 0.3) is 0 Å². The number of hydrogen-bond acceptors (Lipinski definition) is 3. The van der Waals surface area contributed by atoms with Crippen molar-refractivity contribution in [3.8, 4) is 0 Å². The first-order valence-electron chi connectivity index (χ1n) is 5.82. The fourth-order valence-corrected chi connectivity index (χ4v) is 1.94. The van der Waals surface area contributed by atoms with E-state index >= 15 is 0 Å². The van der Waals surface area contributed by atoms with Crippen LogP contribution in [0.1, 0.15) is 11.1 Å². The third-order valence-electron chi connectivity index (χ3n) is 2.67. The van der Waals surface area contributed by atoms with E-state index in [9.17, 15) is 14.5 Å². The van der Waals surface area contributed by atoms with Gasteiger partial charge in [-0.25, -0.2) is 0 Å². The van der Waals surface area contributed by atoms with Gasteiger partial charge in [-0.15, -0.1) is 0 Å². The molecular formula is C14H11ClFNO3. The third-order valence-corrected chi connectivity index (χ3v) is 2.91.